The third kappa shape index (κ3) is 3.92. The SMILES string of the molecule is Cc1nc(OC(F)(F)F)c([N+](=O)[O-])cc1S(=O)(=O)Cl. The molecule has 0 amide bonds. The average Bonchev–Trinajstić information content (AvgIpc) is 2.11. The fraction of sp³-hybridized carbons (Fsp3) is 0.286. The molecule has 0 bridgehead atoms. The lowest BCUT2D eigenvalue weighted by atomic mass is 10.3. The number of alkyl halides is 3. The highest BCUT2D eigenvalue weighted by molar-refractivity contribution is 8.13. The Balaban J connectivity index is 3.51. The van der Waals surface area contributed by atoms with Gasteiger partial charge in [0.25, 0.3) is 9.05 Å². The van der Waals surface area contributed by atoms with Crippen LogP contribution in [-0.4, -0.2) is 24.7 Å². The van der Waals surface area contributed by atoms with Crippen LogP contribution in [0.4, 0.5) is 18.9 Å². The van der Waals surface area contributed by atoms with Gasteiger partial charge in [-0.05, 0) is 6.92 Å². The third-order valence-electron chi connectivity index (χ3n) is 1.78. The van der Waals surface area contributed by atoms with Crippen LogP contribution < -0.4 is 4.74 Å². The molecule has 106 valence electrons. The van der Waals surface area contributed by atoms with E-state index in [9.17, 15) is 31.7 Å². The molecule has 0 fully saturated rings. The van der Waals surface area contributed by atoms with Crippen LogP contribution in [0, 0.1) is 17.0 Å². The first-order chi connectivity index (χ1) is 8.42. The first kappa shape index (κ1) is 15.4. The van der Waals surface area contributed by atoms with Crippen molar-refractivity contribution < 1.29 is 31.2 Å². The van der Waals surface area contributed by atoms with E-state index in [-0.39, 0.29) is 0 Å². The Morgan fingerprint density at radius 3 is 2.37 bits per heavy atom. The second-order valence-corrected chi connectivity index (χ2v) is 5.67. The number of hydrogen-bond donors (Lipinski definition) is 0. The van der Waals surface area contributed by atoms with E-state index < -0.39 is 42.5 Å². The van der Waals surface area contributed by atoms with Crippen LogP contribution in [0.25, 0.3) is 0 Å². The molecular weight excluding hydrogens is 317 g/mol. The summed E-state index contributed by atoms with van der Waals surface area (Å²) in [6.45, 7) is 1.02. The van der Waals surface area contributed by atoms with Crippen molar-refractivity contribution in [3.8, 4) is 5.88 Å². The van der Waals surface area contributed by atoms with Crippen LogP contribution in [0.15, 0.2) is 11.0 Å². The Morgan fingerprint density at radius 2 is 2.00 bits per heavy atom. The maximum Gasteiger partial charge on any atom is 0.574 e. The largest absolute Gasteiger partial charge is 0.574 e. The number of aryl methyl sites for hydroxylation is 1. The lowest BCUT2D eigenvalue weighted by molar-refractivity contribution is -0.389. The van der Waals surface area contributed by atoms with Crippen molar-refractivity contribution >= 4 is 25.4 Å². The molecule has 1 rings (SSSR count). The van der Waals surface area contributed by atoms with Gasteiger partial charge < -0.3 is 4.74 Å². The summed E-state index contributed by atoms with van der Waals surface area (Å²) in [5, 5.41) is 10.6. The van der Waals surface area contributed by atoms with Crippen molar-refractivity contribution in [1.29, 1.82) is 0 Å². The quantitative estimate of drug-likeness (QED) is 0.480. The maximum atomic E-state index is 12.0. The first-order valence-electron chi connectivity index (χ1n) is 4.28. The molecule has 0 saturated heterocycles. The molecule has 0 aromatic carbocycles. The predicted octanol–water partition coefficient (Wildman–Crippen LogP) is 2.12. The van der Waals surface area contributed by atoms with Crippen LogP contribution in [0.3, 0.4) is 0 Å². The van der Waals surface area contributed by atoms with Crippen molar-refractivity contribution in [2.45, 2.75) is 18.2 Å². The Bertz CT molecular complexity index is 630. The van der Waals surface area contributed by atoms with E-state index in [0.29, 0.717) is 6.07 Å². The Morgan fingerprint density at radius 1 is 1.47 bits per heavy atom. The molecule has 1 heterocycles. The maximum absolute atomic E-state index is 12.0. The molecule has 1 aromatic heterocycles. The standard InChI is InChI=1S/C7H4ClF3N2O5S/c1-3-5(19(8,16)17)2-4(13(14)15)6(12-3)18-7(9,10)11/h2H,1H3. The summed E-state index contributed by atoms with van der Waals surface area (Å²) in [6.07, 6.45) is -5.20. The van der Waals surface area contributed by atoms with Crippen molar-refractivity contribution in [1.82, 2.24) is 4.98 Å². The molecule has 7 nitrogen and oxygen atoms in total. The van der Waals surface area contributed by atoms with E-state index in [0.717, 1.165) is 6.92 Å². The summed E-state index contributed by atoms with van der Waals surface area (Å²) in [5.74, 6) is -1.36. The van der Waals surface area contributed by atoms with Gasteiger partial charge in [0.1, 0.15) is 4.90 Å². The van der Waals surface area contributed by atoms with E-state index >= 15 is 0 Å². The summed E-state index contributed by atoms with van der Waals surface area (Å²) in [4.78, 5) is 11.6. The number of ether oxygens (including phenoxy) is 1. The number of pyridine rings is 1. The minimum atomic E-state index is -5.20. The topological polar surface area (TPSA) is 99.4 Å². The number of hydrogen-bond acceptors (Lipinski definition) is 6. The van der Waals surface area contributed by atoms with Crippen LogP contribution in [0.1, 0.15) is 5.69 Å². The predicted molar refractivity (Wildman–Crippen MR) is 55.4 cm³/mol. The molecule has 0 saturated carbocycles. The fourth-order valence-corrected chi connectivity index (χ4v) is 2.24. The molecule has 0 radical (unpaired) electrons. The number of nitrogens with zero attached hydrogens (tertiary/aromatic N) is 2. The lowest BCUT2D eigenvalue weighted by Crippen LogP contribution is -2.19. The van der Waals surface area contributed by atoms with E-state index in [1.807, 2.05) is 0 Å². The smallest absolute Gasteiger partial charge is 0.381 e. The minimum absolute atomic E-state index is 0.353. The van der Waals surface area contributed by atoms with E-state index in [2.05, 4.69) is 9.72 Å². The number of halogens is 4. The molecule has 0 aliphatic rings. The molecule has 0 aliphatic heterocycles. The highest BCUT2D eigenvalue weighted by Gasteiger charge is 2.36. The first-order valence-corrected chi connectivity index (χ1v) is 6.59. The molecule has 0 N–H and O–H groups in total. The summed E-state index contributed by atoms with van der Waals surface area (Å²) in [6, 6.07) is 0.353. The van der Waals surface area contributed by atoms with Crippen LogP contribution in [0.5, 0.6) is 5.88 Å². The average molecular weight is 321 g/mol. The van der Waals surface area contributed by atoms with Crippen molar-refractivity contribution in [3.63, 3.8) is 0 Å². The molecule has 0 atom stereocenters. The summed E-state index contributed by atoms with van der Waals surface area (Å²) in [7, 11) is 0.591. The van der Waals surface area contributed by atoms with Gasteiger partial charge in [-0.1, -0.05) is 0 Å². The molecule has 12 heteroatoms. The third-order valence-corrected chi connectivity index (χ3v) is 3.22. The van der Waals surface area contributed by atoms with Crippen LogP contribution >= 0.6 is 10.7 Å². The molecule has 0 spiro atoms. The van der Waals surface area contributed by atoms with Gasteiger partial charge in [-0.15, -0.1) is 13.2 Å². The van der Waals surface area contributed by atoms with Gasteiger partial charge in [0.15, 0.2) is 0 Å². The zero-order chi connectivity index (χ0) is 15.0. The highest BCUT2D eigenvalue weighted by atomic mass is 35.7. The van der Waals surface area contributed by atoms with Gasteiger partial charge in [0, 0.05) is 16.7 Å². The number of aromatic nitrogens is 1. The monoisotopic (exact) mass is 320 g/mol. The fourth-order valence-electron chi connectivity index (χ4n) is 1.12. The molecule has 19 heavy (non-hydrogen) atoms. The molecule has 0 unspecified atom stereocenters. The van der Waals surface area contributed by atoms with Gasteiger partial charge in [0.2, 0.25) is 0 Å². The second-order valence-electron chi connectivity index (χ2n) is 3.14. The number of nitro groups is 1. The summed E-state index contributed by atoms with van der Waals surface area (Å²) < 4.78 is 61.5. The molecule has 0 aliphatic carbocycles. The Hall–Kier alpha value is -1.62. The van der Waals surface area contributed by atoms with Gasteiger partial charge in [-0.3, -0.25) is 10.1 Å². The van der Waals surface area contributed by atoms with Crippen LogP contribution in [0.2, 0.25) is 0 Å². The zero-order valence-electron chi connectivity index (χ0n) is 8.93. The summed E-state index contributed by atoms with van der Waals surface area (Å²) >= 11 is 0. The molecule has 1 aromatic rings. The Labute approximate surface area is 108 Å². The summed E-state index contributed by atoms with van der Waals surface area (Å²) in [5.41, 5.74) is -1.72. The van der Waals surface area contributed by atoms with E-state index in [1.165, 1.54) is 0 Å². The van der Waals surface area contributed by atoms with Gasteiger partial charge in [0.05, 0.1) is 10.6 Å². The minimum Gasteiger partial charge on any atom is -0.381 e. The Kier molecular flexibility index (Phi) is 3.91. The van der Waals surface area contributed by atoms with Crippen molar-refractivity contribution in [3.05, 3.63) is 21.9 Å². The lowest BCUT2D eigenvalue weighted by Gasteiger charge is -2.09. The van der Waals surface area contributed by atoms with Crippen LogP contribution in [-0.2, 0) is 9.05 Å². The van der Waals surface area contributed by atoms with Crippen molar-refractivity contribution in [2.75, 3.05) is 0 Å². The molecular formula is C7H4ClF3N2O5S. The van der Waals surface area contributed by atoms with Gasteiger partial charge in [-0.25, -0.2) is 13.4 Å². The second kappa shape index (κ2) is 4.81. The number of rotatable bonds is 3. The zero-order valence-corrected chi connectivity index (χ0v) is 10.5. The van der Waals surface area contributed by atoms with E-state index in [4.69, 9.17) is 10.7 Å². The van der Waals surface area contributed by atoms with E-state index in [1.54, 1.807) is 0 Å². The highest BCUT2D eigenvalue weighted by Crippen LogP contribution is 2.33. The van der Waals surface area contributed by atoms with Gasteiger partial charge in [-0.2, -0.15) is 0 Å². The normalized spacial score (nSPS) is 12.3. The van der Waals surface area contributed by atoms with Gasteiger partial charge >= 0.3 is 17.9 Å². The van der Waals surface area contributed by atoms with Crippen molar-refractivity contribution in [2.24, 2.45) is 0 Å².